The Morgan fingerprint density at radius 2 is 1.96 bits per heavy atom. The van der Waals surface area contributed by atoms with Crippen LogP contribution in [0, 0.1) is 0 Å². The van der Waals surface area contributed by atoms with Crippen LogP contribution in [-0.4, -0.2) is 30.0 Å². The summed E-state index contributed by atoms with van der Waals surface area (Å²) in [5.41, 5.74) is 7.26. The summed E-state index contributed by atoms with van der Waals surface area (Å²) in [5, 5.41) is 0. The van der Waals surface area contributed by atoms with E-state index in [1.54, 1.807) is 6.07 Å². The summed E-state index contributed by atoms with van der Waals surface area (Å²) >= 11 is 0. The van der Waals surface area contributed by atoms with E-state index in [2.05, 4.69) is 12.1 Å². The van der Waals surface area contributed by atoms with Crippen LogP contribution >= 0.6 is 12.4 Å². The molecule has 0 bridgehead atoms. The van der Waals surface area contributed by atoms with Gasteiger partial charge in [0, 0.05) is 13.1 Å². The smallest absolute Gasteiger partial charge is 0.257 e. The van der Waals surface area contributed by atoms with Crippen molar-refractivity contribution in [3.8, 4) is 0 Å². The van der Waals surface area contributed by atoms with Gasteiger partial charge in [-0.25, -0.2) is 0 Å². The number of furan rings is 1. The fraction of sp³-hybridized carbons (Fsp3) is 0.389. The number of halogens is 1. The number of likely N-dealkylation sites (tertiary alicyclic amines) is 1. The van der Waals surface area contributed by atoms with Gasteiger partial charge in [0.25, 0.3) is 5.91 Å². The molecule has 2 N–H and O–H groups in total. The molecule has 1 aromatic carbocycles. The third kappa shape index (κ3) is 4.60. The second-order valence-corrected chi connectivity index (χ2v) is 5.79. The molecular weight excluding hydrogens is 328 g/mol. The van der Waals surface area contributed by atoms with Crippen LogP contribution in [0.15, 0.2) is 47.1 Å². The molecule has 1 aromatic heterocycles. The molecular formula is C18H23ClN2O3. The van der Waals surface area contributed by atoms with Crippen molar-refractivity contribution in [2.24, 2.45) is 5.73 Å². The first-order valence-corrected chi connectivity index (χ1v) is 7.98. The molecule has 24 heavy (non-hydrogen) atoms. The number of amides is 1. The van der Waals surface area contributed by atoms with Crippen molar-refractivity contribution in [3.63, 3.8) is 0 Å². The third-order valence-electron chi connectivity index (χ3n) is 4.16. The van der Waals surface area contributed by atoms with Crippen molar-refractivity contribution in [1.29, 1.82) is 0 Å². The quantitative estimate of drug-likeness (QED) is 0.900. The van der Waals surface area contributed by atoms with Gasteiger partial charge in [0.1, 0.15) is 12.0 Å². The van der Waals surface area contributed by atoms with Crippen molar-refractivity contribution >= 4 is 18.3 Å². The third-order valence-corrected chi connectivity index (χ3v) is 4.16. The van der Waals surface area contributed by atoms with Gasteiger partial charge in [-0.15, -0.1) is 12.4 Å². The number of ether oxygens (including phenoxy) is 1. The second kappa shape index (κ2) is 8.87. The summed E-state index contributed by atoms with van der Waals surface area (Å²) in [7, 11) is 0. The first-order chi connectivity index (χ1) is 11.3. The minimum absolute atomic E-state index is 0. The van der Waals surface area contributed by atoms with E-state index in [0.717, 1.165) is 12.8 Å². The lowest BCUT2D eigenvalue weighted by atomic mass is 10.1. The lowest BCUT2D eigenvalue weighted by molar-refractivity contribution is -0.000391. The number of hydrogen-bond donors (Lipinski definition) is 1. The Hall–Kier alpha value is -1.82. The number of benzene rings is 1. The van der Waals surface area contributed by atoms with Crippen LogP contribution in [0.1, 0.15) is 34.5 Å². The fourth-order valence-electron chi connectivity index (χ4n) is 2.80. The fourth-order valence-corrected chi connectivity index (χ4v) is 2.80. The monoisotopic (exact) mass is 350 g/mol. The van der Waals surface area contributed by atoms with E-state index < -0.39 is 0 Å². The van der Waals surface area contributed by atoms with Crippen LogP contribution in [0.25, 0.3) is 0 Å². The van der Waals surface area contributed by atoms with Crippen LogP contribution < -0.4 is 5.73 Å². The van der Waals surface area contributed by atoms with Crippen molar-refractivity contribution in [2.75, 3.05) is 13.1 Å². The summed E-state index contributed by atoms with van der Waals surface area (Å²) in [5.74, 6) is 0.643. The number of carbonyl (C=O) groups is 1. The number of rotatable bonds is 5. The van der Waals surface area contributed by atoms with Crippen molar-refractivity contribution < 1.29 is 13.9 Å². The van der Waals surface area contributed by atoms with Gasteiger partial charge < -0.3 is 19.8 Å². The molecule has 0 radical (unpaired) electrons. The molecule has 0 saturated carbocycles. The number of hydrogen-bond acceptors (Lipinski definition) is 4. The van der Waals surface area contributed by atoms with Gasteiger partial charge in [-0.2, -0.15) is 0 Å². The Morgan fingerprint density at radius 3 is 2.58 bits per heavy atom. The molecule has 1 amide bonds. The Kier molecular flexibility index (Phi) is 6.85. The molecule has 3 rings (SSSR count). The van der Waals surface area contributed by atoms with E-state index in [4.69, 9.17) is 14.9 Å². The summed E-state index contributed by atoms with van der Waals surface area (Å²) in [6.45, 7) is 2.35. The van der Waals surface area contributed by atoms with Crippen molar-refractivity contribution in [1.82, 2.24) is 4.90 Å². The van der Waals surface area contributed by atoms with Gasteiger partial charge in [0.05, 0.1) is 24.8 Å². The zero-order valence-electron chi connectivity index (χ0n) is 13.5. The summed E-state index contributed by atoms with van der Waals surface area (Å²) in [4.78, 5) is 14.3. The molecule has 1 aliphatic rings. The predicted molar refractivity (Wildman–Crippen MR) is 94.0 cm³/mol. The lowest BCUT2D eigenvalue weighted by Crippen LogP contribution is -2.40. The maximum Gasteiger partial charge on any atom is 0.257 e. The molecule has 1 aliphatic heterocycles. The summed E-state index contributed by atoms with van der Waals surface area (Å²) in [6.07, 6.45) is 3.42. The first-order valence-electron chi connectivity index (χ1n) is 7.98. The predicted octanol–water partition coefficient (Wildman–Crippen LogP) is 2.98. The Bertz CT molecular complexity index is 637. The first kappa shape index (κ1) is 18.5. The minimum Gasteiger partial charge on any atom is -0.467 e. The zero-order valence-corrected chi connectivity index (χ0v) is 14.3. The van der Waals surface area contributed by atoms with Crippen LogP contribution in [0.2, 0.25) is 0 Å². The maximum absolute atomic E-state index is 12.4. The molecule has 6 heteroatoms. The Balaban J connectivity index is 0.00000208. The van der Waals surface area contributed by atoms with Crippen LogP contribution in [0.4, 0.5) is 0 Å². The second-order valence-electron chi connectivity index (χ2n) is 5.79. The Labute approximate surface area is 148 Å². The highest BCUT2D eigenvalue weighted by Crippen LogP contribution is 2.18. The normalized spacial score (nSPS) is 15.1. The van der Waals surface area contributed by atoms with E-state index in [9.17, 15) is 4.79 Å². The average molecular weight is 351 g/mol. The number of nitrogens with zero attached hydrogens (tertiary/aromatic N) is 1. The van der Waals surface area contributed by atoms with E-state index in [-0.39, 0.29) is 24.4 Å². The molecule has 2 heterocycles. The van der Waals surface area contributed by atoms with Crippen LogP contribution in [-0.2, 0) is 17.9 Å². The number of piperidine rings is 1. The highest BCUT2D eigenvalue weighted by atomic mass is 35.5. The number of nitrogens with two attached hydrogens (primary N) is 1. The highest BCUT2D eigenvalue weighted by molar-refractivity contribution is 5.94. The molecule has 0 unspecified atom stereocenters. The van der Waals surface area contributed by atoms with E-state index >= 15 is 0 Å². The lowest BCUT2D eigenvalue weighted by Gasteiger charge is -2.31. The van der Waals surface area contributed by atoms with Crippen LogP contribution in [0.3, 0.4) is 0 Å². The topological polar surface area (TPSA) is 68.7 Å². The van der Waals surface area contributed by atoms with Gasteiger partial charge in [-0.05, 0) is 24.5 Å². The molecule has 5 nitrogen and oxygen atoms in total. The van der Waals surface area contributed by atoms with E-state index in [1.807, 2.05) is 23.1 Å². The Morgan fingerprint density at radius 1 is 1.25 bits per heavy atom. The zero-order chi connectivity index (χ0) is 16.1. The van der Waals surface area contributed by atoms with Gasteiger partial charge in [0.2, 0.25) is 0 Å². The van der Waals surface area contributed by atoms with Gasteiger partial charge in [0.15, 0.2) is 0 Å². The van der Waals surface area contributed by atoms with Gasteiger partial charge >= 0.3 is 0 Å². The largest absolute Gasteiger partial charge is 0.467 e. The molecule has 130 valence electrons. The minimum atomic E-state index is 0. The molecule has 1 saturated heterocycles. The maximum atomic E-state index is 12.4. The van der Waals surface area contributed by atoms with Crippen molar-refractivity contribution in [2.45, 2.75) is 32.1 Å². The SMILES string of the molecule is Cl.NCc1cc(C(=O)N2CCC(OCc3ccccc3)CC2)co1. The molecule has 1 fully saturated rings. The van der Waals surface area contributed by atoms with E-state index in [1.165, 1.54) is 11.8 Å². The number of carbonyl (C=O) groups excluding carboxylic acids is 1. The van der Waals surface area contributed by atoms with Gasteiger partial charge in [-0.1, -0.05) is 30.3 Å². The highest BCUT2D eigenvalue weighted by Gasteiger charge is 2.25. The van der Waals surface area contributed by atoms with Gasteiger partial charge in [-0.3, -0.25) is 4.79 Å². The van der Waals surface area contributed by atoms with Crippen LogP contribution in [0.5, 0.6) is 0 Å². The van der Waals surface area contributed by atoms with E-state index in [0.29, 0.717) is 37.6 Å². The molecule has 0 spiro atoms. The average Bonchev–Trinajstić information content (AvgIpc) is 3.10. The molecule has 2 aromatic rings. The molecule has 0 atom stereocenters. The standard InChI is InChI=1S/C18H22N2O3.ClH/c19-11-17-10-15(13-23-17)18(21)20-8-6-16(7-9-20)22-12-14-4-2-1-3-5-14;/h1-5,10,13,16H,6-9,11-12,19H2;1H. The summed E-state index contributed by atoms with van der Waals surface area (Å²) in [6, 6.07) is 11.9. The summed E-state index contributed by atoms with van der Waals surface area (Å²) < 4.78 is 11.2. The molecule has 0 aliphatic carbocycles. The van der Waals surface area contributed by atoms with Crippen molar-refractivity contribution in [3.05, 3.63) is 59.5 Å².